The largest absolute Gasteiger partial charge is 0.378 e. The highest BCUT2D eigenvalue weighted by Crippen LogP contribution is 2.38. The van der Waals surface area contributed by atoms with Crippen LogP contribution in [0, 0.1) is 0 Å². The first-order valence-electron chi connectivity index (χ1n) is 8.79. The molecule has 122 valence electrons. The standard InChI is InChI=1S/C19H25N3O/c20-16-7-5-14(6-8-16)19-18(22-9-11-23-12-10-22)13-15-3-1-2-4-17(15)21-19/h1-4,13-14,16H,5-12,20H2. The van der Waals surface area contributed by atoms with E-state index < -0.39 is 0 Å². The quantitative estimate of drug-likeness (QED) is 0.926. The Labute approximate surface area is 137 Å². The van der Waals surface area contributed by atoms with Gasteiger partial charge in [-0.1, -0.05) is 18.2 Å². The van der Waals surface area contributed by atoms with Crippen LogP contribution in [0.5, 0.6) is 0 Å². The molecule has 1 aliphatic carbocycles. The third-order valence-corrected chi connectivity index (χ3v) is 5.24. The van der Waals surface area contributed by atoms with Crippen molar-refractivity contribution >= 4 is 16.6 Å². The predicted molar refractivity (Wildman–Crippen MR) is 94.0 cm³/mol. The van der Waals surface area contributed by atoms with Gasteiger partial charge in [0, 0.05) is 30.4 Å². The van der Waals surface area contributed by atoms with Gasteiger partial charge in [-0.25, -0.2) is 0 Å². The third kappa shape index (κ3) is 3.06. The highest BCUT2D eigenvalue weighted by Gasteiger charge is 2.26. The molecule has 23 heavy (non-hydrogen) atoms. The number of hydrogen-bond donors (Lipinski definition) is 1. The fourth-order valence-corrected chi connectivity index (χ4v) is 3.87. The van der Waals surface area contributed by atoms with Crippen molar-refractivity contribution in [2.24, 2.45) is 5.73 Å². The van der Waals surface area contributed by atoms with Gasteiger partial charge in [0.05, 0.1) is 30.1 Å². The van der Waals surface area contributed by atoms with Crippen molar-refractivity contribution in [2.75, 3.05) is 31.2 Å². The van der Waals surface area contributed by atoms with Crippen LogP contribution in [-0.2, 0) is 4.74 Å². The number of aromatic nitrogens is 1. The molecule has 0 unspecified atom stereocenters. The first-order valence-corrected chi connectivity index (χ1v) is 8.79. The Kier molecular flexibility index (Phi) is 4.19. The van der Waals surface area contributed by atoms with E-state index in [4.69, 9.17) is 15.5 Å². The molecule has 1 saturated heterocycles. The van der Waals surface area contributed by atoms with Crippen LogP contribution in [0.1, 0.15) is 37.3 Å². The number of ether oxygens (including phenoxy) is 1. The lowest BCUT2D eigenvalue weighted by Crippen LogP contribution is -2.37. The van der Waals surface area contributed by atoms with Crippen LogP contribution in [0.4, 0.5) is 5.69 Å². The molecule has 4 nitrogen and oxygen atoms in total. The summed E-state index contributed by atoms with van der Waals surface area (Å²) in [6.45, 7) is 3.53. The maximum Gasteiger partial charge on any atom is 0.0707 e. The van der Waals surface area contributed by atoms with E-state index >= 15 is 0 Å². The number of hydrogen-bond acceptors (Lipinski definition) is 4. The minimum Gasteiger partial charge on any atom is -0.378 e. The van der Waals surface area contributed by atoms with Gasteiger partial charge < -0.3 is 15.4 Å². The van der Waals surface area contributed by atoms with Crippen LogP contribution in [0.25, 0.3) is 10.9 Å². The van der Waals surface area contributed by atoms with Gasteiger partial charge in [0.2, 0.25) is 0 Å². The Morgan fingerprint density at radius 1 is 1.04 bits per heavy atom. The van der Waals surface area contributed by atoms with E-state index in [0.717, 1.165) is 57.5 Å². The molecule has 0 atom stereocenters. The van der Waals surface area contributed by atoms with Gasteiger partial charge in [0.1, 0.15) is 0 Å². The molecule has 1 aliphatic heterocycles. The minimum atomic E-state index is 0.374. The maximum atomic E-state index is 6.10. The topological polar surface area (TPSA) is 51.4 Å². The number of para-hydroxylation sites is 1. The van der Waals surface area contributed by atoms with E-state index in [2.05, 4.69) is 35.2 Å². The molecule has 2 aromatic rings. The molecule has 1 aromatic heterocycles. The van der Waals surface area contributed by atoms with Crippen molar-refractivity contribution in [3.05, 3.63) is 36.0 Å². The number of anilines is 1. The van der Waals surface area contributed by atoms with Crippen LogP contribution in [0.2, 0.25) is 0 Å². The van der Waals surface area contributed by atoms with Crippen LogP contribution < -0.4 is 10.6 Å². The summed E-state index contributed by atoms with van der Waals surface area (Å²) in [6, 6.07) is 11.1. The van der Waals surface area contributed by atoms with Crippen molar-refractivity contribution < 1.29 is 4.74 Å². The summed E-state index contributed by atoms with van der Waals surface area (Å²) in [5.74, 6) is 0.539. The summed E-state index contributed by atoms with van der Waals surface area (Å²) >= 11 is 0. The van der Waals surface area contributed by atoms with Gasteiger partial charge in [-0.05, 0) is 37.8 Å². The molecule has 2 heterocycles. The number of nitrogens with two attached hydrogens (primary N) is 1. The molecular weight excluding hydrogens is 286 g/mol. The highest BCUT2D eigenvalue weighted by atomic mass is 16.5. The van der Waals surface area contributed by atoms with E-state index in [0.29, 0.717) is 12.0 Å². The predicted octanol–water partition coefficient (Wildman–Crippen LogP) is 3.06. The second-order valence-electron chi connectivity index (χ2n) is 6.80. The lowest BCUT2D eigenvalue weighted by atomic mass is 9.83. The molecule has 0 amide bonds. The van der Waals surface area contributed by atoms with Gasteiger partial charge in [-0.15, -0.1) is 0 Å². The molecule has 4 rings (SSSR count). The number of benzene rings is 1. The van der Waals surface area contributed by atoms with Gasteiger partial charge in [-0.3, -0.25) is 4.98 Å². The molecular formula is C19H25N3O. The monoisotopic (exact) mass is 311 g/mol. The third-order valence-electron chi connectivity index (χ3n) is 5.24. The normalized spacial score (nSPS) is 25.7. The number of nitrogens with zero attached hydrogens (tertiary/aromatic N) is 2. The Bertz CT molecular complexity index is 673. The number of pyridine rings is 1. The fraction of sp³-hybridized carbons (Fsp3) is 0.526. The zero-order chi connectivity index (χ0) is 15.6. The minimum absolute atomic E-state index is 0.374. The number of rotatable bonds is 2. The van der Waals surface area contributed by atoms with E-state index in [1.807, 2.05) is 0 Å². The Morgan fingerprint density at radius 2 is 1.78 bits per heavy atom. The van der Waals surface area contributed by atoms with Crippen LogP contribution in [-0.4, -0.2) is 37.3 Å². The Hall–Kier alpha value is -1.65. The molecule has 2 fully saturated rings. The van der Waals surface area contributed by atoms with Gasteiger partial charge in [0.15, 0.2) is 0 Å². The average Bonchev–Trinajstić information content (AvgIpc) is 2.62. The van der Waals surface area contributed by atoms with Crippen molar-refractivity contribution in [3.63, 3.8) is 0 Å². The highest BCUT2D eigenvalue weighted by molar-refractivity contribution is 5.83. The molecule has 1 aromatic carbocycles. The zero-order valence-electron chi connectivity index (χ0n) is 13.6. The van der Waals surface area contributed by atoms with E-state index in [-0.39, 0.29) is 0 Å². The molecule has 0 bridgehead atoms. The second kappa shape index (κ2) is 6.46. The Morgan fingerprint density at radius 3 is 2.57 bits per heavy atom. The molecule has 2 N–H and O–H groups in total. The Balaban J connectivity index is 1.75. The smallest absolute Gasteiger partial charge is 0.0707 e. The molecule has 4 heteroatoms. The van der Waals surface area contributed by atoms with E-state index in [1.165, 1.54) is 16.8 Å². The first-order chi connectivity index (χ1) is 11.3. The lowest BCUT2D eigenvalue weighted by molar-refractivity contribution is 0.122. The fourth-order valence-electron chi connectivity index (χ4n) is 3.87. The SMILES string of the molecule is NC1CCC(c2nc3ccccc3cc2N2CCOCC2)CC1. The summed E-state index contributed by atoms with van der Waals surface area (Å²) in [4.78, 5) is 7.53. The lowest BCUT2D eigenvalue weighted by Gasteiger charge is -2.34. The number of morpholine rings is 1. The van der Waals surface area contributed by atoms with Gasteiger partial charge in [0.25, 0.3) is 0 Å². The summed E-state index contributed by atoms with van der Waals surface area (Å²) in [5, 5.41) is 1.23. The zero-order valence-corrected chi connectivity index (χ0v) is 13.6. The molecule has 1 saturated carbocycles. The maximum absolute atomic E-state index is 6.10. The number of fused-ring (bicyclic) bond motifs is 1. The van der Waals surface area contributed by atoms with Gasteiger partial charge in [-0.2, -0.15) is 0 Å². The molecule has 0 spiro atoms. The van der Waals surface area contributed by atoms with Crippen LogP contribution in [0.3, 0.4) is 0 Å². The first kappa shape index (κ1) is 14.9. The summed E-state index contributed by atoms with van der Waals surface area (Å²) in [7, 11) is 0. The van der Waals surface area contributed by atoms with Crippen LogP contribution >= 0.6 is 0 Å². The van der Waals surface area contributed by atoms with Crippen molar-refractivity contribution in [2.45, 2.75) is 37.6 Å². The molecule has 0 radical (unpaired) electrons. The van der Waals surface area contributed by atoms with E-state index in [9.17, 15) is 0 Å². The van der Waals surface area contributed by atoms with E-state index in [1.54, 1.807) is 0 Å². The summed E-state index contributed by atoms with van der Waals surface area (Å²) in [5.41, 5.74) is 9.79. The summed E-state index contributed by atoms with van der Waals surface area (Å²) in [6.07, 6.45) is 4.54. The average molecular weight is 311 g/mol. The van der Waals surface area contributed by atoms with Gasteiger partial charge >= 0.3 is 0 Å². The van der Waals surface area contributed by atoms with Crippen molar-refractivity contribution in [1.82, 2.24) is 4.98 Å². The van der Waals surface area contributed by atoms with Crippen molar-refractivity contribution in [3.8, 4) is 0 Å². The second-order valence-corrected chi connectivity index (χ2v) is 6.80. The van der Waals surface area contributed by atoms with Crippen LogP contribution in [0.15, 0.2) is 30.3 Å². The summed E-state index contributed by atoms with van der Waals surface area (Å²) < 4.78 is 5.53. The van der Waals surface area contributed by atoms with Crippen molar-refractivity contribution in [1.29, 1.82) is 0 Å². The molecule has 2 aliphatic rings.